The Morgan fingerprint density at radius 3 is 2.56 bits per heavy atom. The van der Waals surface area contributed by atoms with E-state index in [0.29, 0.717) is 22.9 Å². The van der Waals surface area contributed by atoms with E-state index in [-0.39, 0.29) is 5.54 Å². The number of nitrogens with zero attached hydrogens (tertiary/aromatic N) is 4. The Labute approximate surface area is 208 Å². The van der Waals surface area contributed by atoms with Gasteiger partial charge in [0.25, 0.3) is 0 Å². The third kappa shape index (κ3) is 3.67. The molecule has 8 heteroatoms. The van der Waals surface area contributed by atoms with Crippen molar-refractivity contribution in [3.8, 4) is 22.6 Å². The minimum absolute atomic E-state index is 0.160. The molecule has 180 valence electrons. The van der Waals surface area contributed by atoms with Crippen LogP contribution in [0.25, 0.3) is 39.5 Å². The van der Waals surface area contributed by atoms with Gasteiger partial charge < -0.3 is 17.2 Å². The summed E-state index contributed by atoms with van der Waals surface area (Å²) < 4.78 is 2.07. The fourth-order valence-electron chi connectivity index (χ4n) is 5.12. The van der Waals surface area contributed by atoms with Gasteiger partial charge in [0.2, 0.25) is 5.91 Å². The van der Waals surface area contributed by atoms with E-state index in [2.05, 4.69) is 21.7 Å². The van der Waals surface area contributed by atoms with Crippen molar-refractivity contribution in [2.75, 3.05) is 5.73 Å². The van der Waals surface area contributed by atoms with Crippen molar-refractivity contribution in [1.29, 1.82) is 0 Å². The highest BCUT2D eigenvalue weighted by atomic mass is 16.1. The van der Waals surface area contributed by atoms with Crippen LogP contribution >= 0.6 is 0 Å². The van der Waals surface area contributed by atoms with Crippen molar-refractivity contribution >= 4 is 28.6 Å². The summed E-state index contributed by atoms with van der Waals surface area (Å²) in [5.74, 6) is 0.628. The Hall–Kier alpha value is -4.30. The number of pyridine rings is 2. The zero-order chi connectivity index (χ0) is 24.9. The summed E-state index contributed by atoms with van der Waals surface area (Å²) in [6.07, 6.45) is 10.9. The summed E-state index contributed by atoms with van der Waals surface area (Å²) in [4.78, 5) is 25.9. The molecule has 2 aliphatic rings. The number of carbonyl (C=O) groups excluding carboxylic acids is 1. The SMILES string of the molecule is NC(=O)c1cccc(-c2ccc3nc(-c4cccnc4N)n(C4=CC=C(C5(N)CCC5)CC4)c3n2)c1. The summed E-state index contributed by atoms with van der Waals surface area (Å²) >= 11 is 0. The van der Waals surface area contributed by atoms with Crippen LogP contribution < -0.4 is 17.2 Å². The molecule has 0 spiro atoms. The van der Waals surface area contributed by atoms with Gasteiger partial charge in [0, 0.05) is 28.6 Å². The number of hydrogen-bond donors (Lipinski definition) is 3. The Bertz CT molecular complexity index is 1580. The molecule has 0 bridgehead atoms. The summed E-state index contributed by atoms with van der Waals surface area (Å²) in [5.41, 5.74) is 24.7. The zero-order valence-electron chi connectivity index (χ0n) is 19.8. The molecule has 6 rings (SSSR count). The summed E-state index contributed by atoms with van der Waals surface area (Å²) in [7, 11) is 0. The van der Waals surface area contributed by atoms with E-state index < -0.39 is 5.91 Å². The van der Waals surface area contributed by atoms with Crippen LogP contribution in [0, 0.1) is 0 Å². The number of carbonyl (C=O) groups is 1. The summed E-state index contributed by atoms with van der Waals surface area (Å²) in [6.45, 7) is 0. The summed E-state index contributed by atoms with van der Waals surface area (Å²) in [6, 6.07) is 14.8. The second-order valence-electron chi connectivity index (χ2n) is 9.55. The lowest BCUT2D eigenvalue weighted by Crippen LogP contribution is -2.48. The Morgan fingerprint density at radius 2 is 1.86 bits per heavy atom. The van der Waals surface area contributed by atoms with Gasteiger partial charge >= 0.3 is 0 Å². The molecule has 0 saturated heterocycles. The normalized spacial score (nSPS) is 16.8. The number of nitrogen functional groups attached to an aromatic ring is 1. The summed E-state index contributed by atoms with van der Waals surface area (Å²) in [5, 5.41) is 0. The van der Waals surface area contributed by atoms with Crippen molar-refractivity contribution < 1.29 is 4.79 Å². The minimum atomic E-state index is -0.476. The van der Waals surface area contributed by atoms with E-state index in [9.17, 15) is 4.79 Å². The van der Waals surface area contributed by atoms with Crippen LogP contribution in [0.2, 0.25) is 0 Å². The van der Waals surface area contributed by atoms with Crippen LogP contribution in [-0.2, 0) is 0 Å². The van der Waals surface area contributed by atoms with Crippen molar-refractivity contribution in [3.05, 3.63) is 78.0 Å². The van der Waals surface area contributed by atoms with Gasteiger partial charge in [-0.15, -0.1) is 0 Å². The average Bonchev–Trinajstić information content (AvgIpc) is 3.26. The number of imidazole rings is 1. The number of benzene rings is 1. The molecule has 0 atom stereocenters. The second kappa shape index (κ2) is 8.42. The first-order valence-corrected chi connectivity index (χ1v) is 12.1. The maximum Gasteiger partial charge on any atom is 0.248 e. The molecular formula is C28H27N7O. The van der Waals surface area contributed by atoms with E-state index in [1.165, 1.54) is 12.0 Å². The molecule has 0 unspecified atom stereocenters. The molecule has 1 aromatic carbocycles. The van der Waals surface area contributed by atoms with Gasteiger partial charge in [-0.3, -0.25) is 9.36 Å². The lowest BCUT2D eigenvalue weighted by atomic mass is 9.70. The van der Waals surface area contributed by atoms with Crippen LogP contribution in [-0.4, -0.2) is 31.0 Å². The highest BCUT2D eigenvalue weighted by Crippen LogP contribution is 2.41. The second-order valence-corrected chi connectivity index (χ2v) is 9.55. The number of anilines is 1. The molecule has 8 nitrogen and oxygen atoms in total. The van der Waals surface area contributed by atoms with Crippen molar-refractivity contribution in [1.82, 2.24) is 19.5 Å². The van der Waals surface area contributed by atoms with Crippen molar-refractivity contribution in [2.24, 2.45) is 11.5 Å². The first-order chi connectivity index (χ1) is 17.4. The Morgan fingerprint density at radius 1 is 1.00 bits per heavy atom. The average molecular weight is 478 g/mol. The maximum atomic E-state index is 11.7. The fraction of sp³-hybridized carbons (Fsp3) is 0.214. The molecule has 3 aromatic heterocycles. The van der Waals surface area contributed by atoms with E-state index in [4.69, 9.17) is 27.2 Å². The van der Waals surface area contributed by atoms with Crippen LogP contribution in [0.5, 0.6) is 0 Å². The fourth-order valence-corrected chi connectivity index (χ4v) is 5.12. The van der Waals surface area contributed by atoms with Crippen LogP contribution in [0.3, 0.4) is 0 Å². The van der Waals surface area contributed by atoms with Crippen molar-refractivity contribution in [2.45, 2.75) is 37.6 Å². The molecule has 0 radical (unpaired) electrons. The van der Waals surface area contributed by atoms with Crippen molar-refractivity contribution in [3.63, 3.8) is 0 Å². The number of hydrogen-bond acceptors (Lipinski definition) is 6. The van der Waals surface area contributed by atoms with Gasteiger partial charge in [-0.05, 0) is 80.2 Å². The first kappa shape index (κ1) is 22.2. The van der Waals surface area contributed by atoms with Gasteiger partial charge in [0.1, 0.15) is 17.2 Å². The van der Waals surface area contributed by atoms with E-state index in [0.717, 1.165) is 53.7 Å². The molecule has 1 fully saturated rings. The molecule has 0 aliphatic heterocycles. The molecule has 36 heavy (non-hydrogen) atoms. The molecule has 2 aliphatic carbocycles. The van der Waals surface area contributed by atoms with Gasteiger partial charge in [-0.1, -0.05) is 18.2 Å². The maximum absolute atomic E-state index is 11.7. The molecule has 3 heterocycles. The quantitative estimate of drug-likeness (QED) is 0.392. The van der Waals surface area contributed by atoms with Crippen LogP contribution in [0.15, 0.2) is 72.5 Å². The third-order valence-corrected chi connectivity index (χ3v) is 7.33. The van der Waals surface area contributed by atoms with Gasteiger partial charge in [0.05, 0.1) is 11.3 Å². The van der Waals surface area contributed by atoms with E-state index in [1.54, 1.807) is 24.4 Å². The van der Waals surface area contributed by atoms with E-state index >= 15 is 0 Å². The van der Waals surface area contributed by atoms with Gasteiger partial charge in [-0.2, -0.15) is 0 Å². The Kier molecular flexibility index (Phi) is 5.19. The van der Waals surface area contributed by atoms with Gasteiger partial charge in [-0.25, -0.2) is 15.0 Å². The highest BCUT2D eigenvalue weighted by Gasteiger charge is 2.36. The smallest absolute Gasteiger partial charge is 0.248 e. The number of rotatable bonds is 5. The van der Waals surface area contributed by atoms with Crippen LogP contribution in [0.1, 0.15) is 42.5 Å². The van der Waals surface area contributed by atoms with Crippen LogP contribution in [0.4, 0.5) is 5.82 Å². The first-order valence-electron chi connectivity index (χ1n) is 12.1. The number of amides is 1. The largest absolute Gasteiger partial charge is 0.383 e. The predicted molar refractivity (Wildman–Crippen MR) is 141 cm³/mol. The monoisotopic (exact) mass is 477 g/mol. The number of aromatic nitrogens is 4. The lowest BCUT2D eigenvalue weighted by molar-refractivity contribution is 0.100. The topological polar surface area (TPSA) is 139 Å². The lowest BCUT2D eigenvalue weighted by Gasteiger charge is -2.41. The number of allylic oxidation sites excluding steroid dienone is 3. The van der Waals surface area contributed by atoms with Gasteiger partial charge in [0.15, 0.2) is 5.65 Å². The standard InChI is InChI=1S/C28H27N7O/c29-24-21(6-2-15-32-24)26-34-23-12-11-22(17-4-1-5-18(16-17)25(30)36)33-27(23)35(26)20-9-7-19(8-10-20)28(31)13-3-14-28/h1-2,4-7,9,11-12,15-16H,3,8,10,13-14,31H2,(H2,29,32)(H2,30,36). The zero-order valence-corrected chi connectivity index (χ0v) is 19.8. The van der Waals surface area contributed by atoms with E-state index in [1.807, 2.05) is 30.3 Å². The minimum Gasteiger partial charge on any atom is -0.383 e. The molecule has 4 aromatic rings. The number of fused-ring (bicyclic) bond motifs is 1. The highest BCUT2D eigenvalue weighted by molar-refractivity contribution is 5.94. The third-order valence-electron chi connectivity index (χ3n) is 7.33. The number of nitrogens with two attached hydrogens (primary N) is 3. The Balaban J connectivity index is 1.53. The predicted octanol–water partition coefficient (Wildman–Crippen LogP) is 4.28. The molecule has 1 saturated carbocycles. The molecule has 6 N–H and O–H groups in total. The number of primary amides is 1. The molecular weight excluding hydrogens is 450 g/mol. The molecule has 1 amide bonds.